The van der Waals surface area contributed by atoms with Gasteiger partial charge in [0.15, 0.2) is 0 Å². The first-order valence-corrected chi connectivity index (χ1v) is 6.98. The molecular formula is C15H14O13Ti. The summed E-state index contributed by atoms with van der Waals surface area (Å²) in [7, 11) is 0. The van der Waals surface area contributed by atoms with E-state index in [0.29, 0.717) is 0 Å². The molecule has 0 amide bonds. The van der Waals surface area contributed by atoms with Crippen LogP contribution in [0.1, 0.15) is 23.2 Å². The maximum Gasteiger partial charge on any atom is 4.00 e. The van der Waals surface area contributed by atoms with Gasteiger partial charge in [0.05, 0.1) is 30.0 Å². The van der Waals surface area contributed by atoms with Crippen LogP contribution in [0.5, 0.6) is 5.75 Å². The van der Waals surface area contributed by atoms with E-state index < -0.39 is 60.6 Å². The Balaban J connectivity index is -0.000000345. The Bertz CT molecular complexity index is 671. The second kappa shape index (κ2) is 16.0. The van der Waals surface area contributed by atoms with Crippen molar-refractivity contribution in [2.24, 2.45) is 0 Å². The number of carbonyl (C=O) groups is 5. The maximum absolute atomic E-state index is 10.7. The molecule has 0 fully saturated rings. The summed E-state index contributed by atoms with van der Waals surface area (Å²) >= 11 is 0. The molecule has 0 spiro atoms. The van der Waals surface area contributed by atoms with Crippen LogP contribution < -0.4 is 20.4 Å². The van der Waals surface area contributed by atoms with E-state index in [-0.39, 0.29) is 27.3 Å². The van der Waals surface area contributed by atoms with Crippen LogP contribution >= 0.6 is 0 Å². The minimum atomic E-state index is -1.96. The zero-order valence-electron chi connectivity index (χ0n) is 14.3. The summed E-state index contributed by atoms with van der Waals surface area (Å²) in [5.41, 5.74) is -0.178. The van der Waals surface area contributed by atoms with Crippen molar-refractivity contribution >= 4 is 29.8 Å². The molecule has 0 saturated heterocycles. The van der Waals surface area contributed by atoms with E-state index in [1.54, 1.807) is 0 Å². The van der Waals surface area contributed by atoms with Gasteiger partial charge in [0.25, 0.3) is 0 Å². The second-order valence-electron chi connectivity index (χ2n) is 4.64. The van der Waals surface area contributed by atoms with Crippen LogP contribution in [-0.2, 0) is 40.9 Å². The number of hydrogen-bond donors (Lipinski definition) is 4. The summed E-state index contributed by atoms with van der Waals surface area (Å²) in [5.74, 6) is -8.18. The number of carboxylic acid groups (broad SMARTS) is 5. The summed E-state index contributed by atoms with van der Waals surface area (Å²) in [4.78, 5) is 48.6. The number of aliphatic carboxylic acids is 4. The van der Waals surface area contributed by atoms with Crippen molar-refractivity contribution in [2.75, 3.05) is 0 Å². The summed E-state index contributed by atoms with van der Waals surface area (Å²) in [6.45, 7) is 0. The minimum absolute atomic E-state index is 0. The number of carbonyl (C=O) groups excluding carboxylic acids is 3. The van der Waals surface area contributed by atoms with Crippen molar-refractivity contribution in [3.8, 4) is 5.75 Å². The van der Waals surface area contributed by atoms with Gasteiger partial charge >= 0.3 is 33.7 Å². The Labute approximate surface area is 177 Å². The van der Waals surface area contributed by atoms with Crippen LogP contribution in [0.2, 0.25) is 0 Å². The molecule has 14 heteroatoms. The first-order chi connectivity index (χ1) is 12.8. The van der Waals surface area contributed by atoms with Gasteiger partial charge in [-0.2, -0.15) is 0 Å². The monoisotopic (exact) mass is 450 g/mol. The number of hydrogen-bond acceptors (Lipinski definition) is 11. The quantitative estimate of drug-likeness (QED) is 0.283. The van der Waals surface area contributed by atoms with E-state index in [1.807, 2.05) is 0 Å². The largest absolute Gasteiger partial charge is 4.00 e. The molecule has 0 bridgehead atoms. The summed E-state index contributed by atoms with van der Waals surface area (Å²) < 4.78 is 0. The van der Waals surface area contributed by atoms with Gasteiger partial charge in [-0.1, -0.05) is 23.9 Å². The molecule has 1 aromatic rings. The maximum atomic E-state index is 10.7. The molecule has 2 atom stereocenters. The first kappa shape index (κ1) is 30.7. The standard InChI is InChI=1S/C7H6O3.2C4H6O5.Ti/c8-6-4-2-1-3-5(6)7(9)10;2*5-2(4(8)9)1-3(6)7;/h1-4,8H,(H,9,10);2*2,5H,1H2,(H,6,7)(H,8,9);/q;;;+4/p-4. The Morgan fingerprint density at radius 1 is 0.828 bits per heavy atom. The normalized spacial score (nSPS) is 11.0. The number of rotatable bonds is 7. The number of aromatic carboxylic acids is 1. The molecule has 0 saturated carbocycles. The molecule has 0 aliphatic rings. The molecule has 4 N–H and O–H groups in total. The second-order valence-corrected chi connectivity index (χ2v) is 4.64. The van der Waals surface area contributed by atoms with E-state index in [9.17, 15) is 44.4 Å². The molecule has 0 aliphatic carbocycles. The molecule has 1 aromatic carbocycles. The Morgan fingerprint density at radius 3 is 1.45 bits per heavy atom. The number of carboxylic acids is 5. The zero-order valence-corrected chi connectivity index (χ0v) is 15.9. The van der Waals surface area contributed by atoms with Crippen LogP contribution in [0, 0.1) is 0 Å². The smallest absolute Gasteiger partial charge is 0.872 e. The third-order valence-corrected chi connectivity index (χ3v) is 2.39. The number of aliphatic hydroxyl groups excluding tert-OH is 2. The zero-order chi connectivity index (χ0) is 22.4. The molecule has 0 aliphatic heterocycles. The predicted molar refractivity (Wildman–Crippen MR) is 76.8 cm³/mol. The van der Waals surface area contributed by atoms with E-state index in [1.165, 1.54) is 24.3 Å². The fourth-order valence-corrected chi connectivity index (χ4v) is 1.13. The number of para-hydroxylation sites is 1. The Hall–Kier alpha value is -3.00. The molecule has 156 valence electrons. The van der Waals surface area contributed by atoms with Gasteiger partial charge in [0.1, 0.15) is 6.10 Å². The van der Waals surface area contributed by atoms with E-state index >= 15 is 0 Å². The predicted octanol–water partition coefficient (Wildman–Crippen LogP) is -5.73. The Morgan fingerprint density at radius 2 is 1.24 bits per heavy atom. The fraction of sp³-hybridized carbons (Fsp3) is 0.267. The van der Waals surface area contributed by atoms with E-state index in [4.69, 9.17) is 20.4 Å². The summed E-state index contributed by atoms with van der Waals surface area (Å²) in [6, 6.07) is 5.54. The third-order valence-electron chi connectivity index (χ3n) is 2.39. The van der Waals surface area contributed by atoms with Gasteiger partial charge in [-0.3, -0.25) is 4.79 Å². The summed E-state index contributed by atoms with van der Waals surface area (Å²) in [5, 5.41) is 72.1. The van der Waals surface area contributed by atoms with E-state index in [2.05, 4.69) is 0 Å². The topological polar surface area (TPSA) is 259 Å². The van der Waals surface area contributed by atoms with Crippen LogP contribution in [0.25, 0.3) is 0 Å². The Kier molecular flexibility index (Phi) is 17.0. The van der Waals surface area contributed by atoms with Crippen LogP contribution in [-0.4, -0.2) is 62.5 Å². The van der Waals surface area contributed by atoms with Crippen molar-refractivity contribution in [1.29, 1.82) is 0 Å². The molecule has 0 radical (unpaired) electrons. The van der Waals surface area contributed by atoms with Crippen molar-refractivity contribution in [2.45, 2.75) is 25.0 Å². The fourth-order valence-electron chi connectivity index (χ4n) is 1.13. The van der Waals surface area contributed by atoms with Crippen molar-refractivity contribution < 1.29 is 86.5 Å². The SMILES string of the molecule is O=C(O)CC(O)C(=O)[O-].O=C(O)c1ccccc1[O-].O=C([O-])CC(O)C(=O)[O-].[Ti+4]. The minimum Gasteiger partial charge on any atom is -0.872 e. The number of aliphatic hydroxyl groups is 2. The number of benzene rings is 1. The van der Waals surface area contributed by atoms with Gasteiger partial charge < -0.3 is 55.2 Å². The van der Waals surface area contributed by atoms with Crippen molar-refractivity contribution in [3.63, 3.8) is 0 Å². The van der Waals surface area contributed by atoms with Crippen molar-refractivity contribution in [1.82, 2.24) is 0 Å². The van der Waals surface area contributed by atoms with E-state index in [0.717, 1.165) is 0 Å². The molecule has 1 rings (SSSR count). The molecule has 0 heterocycles. The first-order valence-electron chi connectivity index (χ1n) is 6.98. The van der Waals surface area contributed by atoms with Crippen LogP contribution in [0.4, 0.5) is 0 Å². The molecule has 2 unspecified atom stereocenters. The van der Waals surface area contributed by atoms with Gasteiger partial charge in [-0.05, 0) is 6.07 Å². The van der Waals surface area contributed by atoms with Crippen LogP contribution in [0.15, 0.2) is 24.3 Å². The van der Waals surface area contributed by atoms with Gasteiger partial charge in [-0.15, -0.1) is 0 Å². The third kappa shape index (κ3) is 16.9. The molecule has 13 nitrogen and oxygen atoms in total. The van der Waals surface area contributed by atoms with Crippen molar-refractivity contribution in [3.05, 3.63) is 29.8 Å². The van der Waals surface area contributed by atoms with Crippen LogP contribution in [0.3, 0.4) is 0 Å². The summed E-state index contributed by atoms with van der Waals surface area (Å²) in [6.07, 6.45) is -5.61. The molecule has 29 heavy (non-hydrogen) atoms. The molecular weight excluding hydrogens is 436 g/mol. The average Bonchev–Trinajstić information content (AvgIpc) is 2.54. The van der Waals surface area contributed by atoms with Gasteiger partial charge in [-0.25, -0.2) is 4.79 Å². The van der Waals surface area contributed by atoms with Gasteiger partial charge in [0.2, 0.25) is 0 Å². The molecule has 0 aromatic heterocycles. The van der Waals surface area contributed by atoms with Gasteiger partial charge in [0, 0.05) is 12.4 Å². The average molecular weight is 450 g/mol.